The molecule has 1 aliphatic rings. The van der Waals surface area contributed by atoms with Crippen molar-refractivity contribution in [3.05, 3.63) is 71.9 Å². The van der Waals surface area contributed by atoms with E-state index in [4.69, 9.17) is 20.9 Å². The predicted molar refractivity (Wildman–Crippen MR) is 134 cm³/mol. The van der Waals surface area contributed by atoms with Gasteiger partial charge in [-0.2, -0.15) is 0 Å². The summed E-state index contributed by atoms with van der Waals surface area (Å²) in [4.78, 5) is 29.4. The second-order valence-electron chi connectivity index (χ2n) is 9.09. The number of aliphatic hydroxyl groups excluding tert-OH is 3. The van der Waals surface area contributed by atoms with Gasteiger partial charge in [-0.25, -0.2) is 4.79 Å². The topological polar surface area (TPSA) is 193 Å². The summed E-state index contributed by atoms with van der Waals surface area (Å²) in [6, 6.07) is 14.1. The molecule has 0 aliphatic carbocycles. The second-order valence-corrected chi connectivity index (χ2v) is 9.09. The number of H-pyrrole nitrogens is 1. The van der Waals surface area contributed by atoms with Gasteiger partial charge in [-0.1, -0.05) is 48.5 Å². The highest BCUT2D eigenvalue weighted by Crippen LogP contribution is 2.23. The summed E-state index contributed by atoms with van der Waals surface area (Å²) >= 11 is 0. The van der Waals surface area contributed by atoms with Crippen molar-refractivity contribution in [2.24, 2.45) is 11.5 Å². The quantitative estimate of drug-likeness (QED) is 0.177. The maximum absolute atomic E-state index is 13.1. The molecule has 0 bridgehead atoms. The van der Waals surface area contributed by atoms with Crippen LogP contribution in [-0.2, 0) is 32.1 Å². The average molecular weight is 513 g/mol. The zero-order valence-electron chi connectivity index (χ0n) is 20.1. The van der Waals surface area contributed by atoms with Gasteiger partial charge in [0.1, 0.15) is 43.1 Å². The van der Waals surface area contributed by atoms with Crippen LogP contribution < -0.4 is 16.8 Å². The Hall–Kier alpha value is -3.32. The first-order valence-electron chi connectivity index (χ1n) is 12.0. The molecule has 2 heterocycles. The van der Waals surface area contributed by atoms with Gasteiger partial charge >= 0.3 is 5.97 Å². The summed E-state index contributed by atoms with van der Waals surface area (Å²) in [5.74, 6) is -1.47. The average Bonchev–Trinajstić information content (AvgIpc) is 3.33. The number of esters is 1. The van der Waals surface area contributed by atoms with E-state index in [0.29, 0.717) is 0 Å². The number of amides is 1. The molecule has 1 aromatic heterocycles. The summed E-state index contributed by atoms with van der Waals surface area (Å²) < 4.78 is 11.0. The fourth-order valence-corrected chi connectivity index (χ4v) is 4.43. The van der Waals surface area contributed by atoms with Crippen LogP contribution in [0.25, 0.3) is 10.9 Å². The Bertz CT molecular complexity index is 1200. The number of benzene rings is 2. The smallest absolute Gasteiger partial charge is 0.329 e. The molecular weight excluding hydrogens is 480 g/mol. The van der Waals surface area contributed by atoms with Gasteiger partial charge in [0.15, 0.2) is 0 Å². The minimum atomic E-state index is -1.64. The molecule has 0 spiro atoms. The maximum Gasteiger partial charge on any atom is 0.329 e. The molecule has 1 amide bonds. The molecule has 7 atom stereocenters. The van der Waals surface area contributed by atoms with Crippen LogP contribution in [0.15, 0.2) is 60.8 Å². The lowest BCUT2D eigenvalue weighted by molar-refractivity contribution is -0.223. The van der Waals surface area contributed by atoms with E-state index in [-0.39, 0.29) is 19.6 Å². The molecule has 37 heavy (non-hydrogen) atoms. The number of nitrogens with one attached hydrogen (secondary N) is 2. The van der Waals surface area contributed by atoms with Crippen molar-refractivity contribution in [3.63, 3.8) is 0 Å². The largest absolute Gasteiger partial charge is 0.459 e. The van der Waals surface area contributed by atoms with Crippen molar-refractivity contribution >= 4 is 22.8 Å². The first kappa shape index (κ1) is 26.7. The summed E-state index contributed by atoms with van der Waals surface area (Å²) in [5.41, 5.74) is 14.1. The third-order valence-corrected chi connectivity index (χ3v) is 6.56. The number of aliphatic hydroxyl groups is 3. The predicted octanol–water partition coefficient (Wildman–Crippen LogP) is -0.925. The number of hydrogen-bond donors (Lipinski definition) is 7. The van der Waals surface area contributed by atoms with E-state index in [0.717, 1.165) is 22.0 Å². The summed E-state index contributed by atoms with van der Waals surface area (Å²) in [7, 11) is 0. The molecule has 1 aliphatic heterocycles. The highest BCUT2D eigenvalue weighted by molar-refractivity contribution is 5.89. The van der Waals surface area contributed by atoms with E-state index in [2.05, 4.69) is 10.3 Å². The maximum atomic E-state index is 13.1. The minimum absolute atomic E-state index is 0.0126. The van der Waals surface area contributed by atoms with Crippen LogP contribution in [-0.4, -0.2) is 81.3 Å². The Kier molecular flexibility index (Phi) is 8.54. The van der Waals surface area contributed by atoms with Crippen LogP contribution in [0, 0.1) is 0 Å². The molecule has 4 rings (SSSR count). The van der Waals surface area contributed by atoms with Crippen molar-refractivity contribution in [1.82, 2.24) is 10.3 Å². The molecule has 1 fully saturated rings. The first-order chi connectivity index (χ1) is 17.8. The van der Waals surface area contributed by atoms with E-state index < -0.39 is 54.5 Å². The van der Waals surface area contributed by atoms with Crippen LogP contribution >= 0.6 is 0 Å². The highest BCUT2D eigenvalue weighted by atomic mass is 16.5. The van der Waals surface area contributed by atoms with Gasteiger partial charge in [0.05, 0.1) is 6.10 Å². The molecule has 0 unspecified atom stereocenters. The van der Waals surface area contributed by atoms with E-state index in [9.17, 15) is 24.9 Å². The van der Waals surface area contributed by atoms with E-state index in [1.54, 1.807) is 6.20 Å². The number of ether oxygens (including phenoxy) is 2. The molecule has 3 aromatic rings. The molecule has 11 nitrogen and oxygen atoms in total. The zero-order valence-corrected chi connectivity index (χ0v) is 20.1. The third kappa shape index (κ3) is 5.99. The van der Waals surface area contributed by atoms with Gasteiger partial charge in [0, 0.05) is 30.1 Å². The lowest BCUT2D eigenvalue weighted by atomic mass is 9.91. The third-order valence-electron chi connectivity index (χ3n) is 6.56. The Morgan fingerprint density at radius 3 is 2.46 bits per heavy atom. The molecular formula is C26H32N4O7. The monoisotopic (exact) mass is 512 g/mol. The van der Waals surface area contributed by atoms with Gasteiger partial charge in [0.25, 0.3) is 0 Å². The first-order valence-corrected chi connectivity index (χ1v) is 12.0. The summed E-state index contributed by atoms with van der Waals surface area (Å²) in [6.45, 7) is -0.149. The van der Waals surface area contributed by atoms with Crippen LogP contribution in [0.2, 0.25) is 0 Å². The van der Waals surface area contributed by atoms with Crippen molar-refractivity contribution in [2.45, 2.75) is 55.6 Å². The molecule has 198 valence electrons. The standard InChI is InChI=1S/C26H32N4O7/c27-11-19-21(31)22(32)23(33)24(37-19)20(28)25(34)30-18(26(35)36-13-14-6-2-1-3-7-14)10-15-12-29-17-9-5-4-8-16(15)17/h1-9,12,18-24,29,31-33H,10-11,13,27-28H2,(H,30,34)/t18-,19+,20+,21+,22-,23+,24-/m0/s1. The number of para-hydroxylation sites is 1. The number of rotatable bonds is 9. The van der Waals surface area contributed by atoms with Crippen molar-refractivity contribution in [2.75, 3.05) is 6.54 Å². The number of nitrogens with two attached hydrogens (primary N) is 2. The normalized spacial score (nSPS) is 25.4. The minimum Gasteiger partial charge on any atom is -0.459 e. The molecule has 0 radical (unpaired) electrons. The molecule has 11 heteroatoms. The fraction of sp³-hybridized carbons (Fsp3) is 0.385. The van der Waals surface area contributed by atoms with E-state index in [1.807, 2.05) is 54.6 Å². The summed E-state index contributed by atoms with van der Waals surface area (Å²) in [6.07, 6.45) is -5.21. The van der Waals surface area contributed by atoms with Crippen molar-refractivity contribution in [3.8, 4) is 0 Å². The Morgan fingerprint density at radius 1 is 1.03 bits per heavy atom. The van der Waals surface area contributed by atoms with Gasteiger partial charge in [-0.3, -0.25) is 4.79 Å². The van der Waals surface area contributed by atoms with E-state index >= 15 is 0 Å². The van der Waals surface area contributed by atoms with Crippen molar-refractivity contribution in [1.29, 1.82) is 0 Å². The lowest BCUT2D eigenvalue weighted by Gasteiger charge is -2.42. The molecule has 1 saturated heterocycles. The highest BCUT2D eigenvalue weighted by Gasteiger charge is 2.47. The second kappa shape index (κ2) is 11.8. The Labute approximate surface area is 213 Å². The number of carbonyl (C=O) groups excluding carboxylic acids is 2. The van der Waals surface area contributed by atoms with Gasteiger partial charge in [-0.15, -0.1) is 0 Å². The number of fused-ring (bicyclic) bond motifs is 1. The Balaban J connectivity index is 1.51. The van der Waals surface area contributed by atoms with Crippen LogP contribution in [0.4, 0.5) is 0 Å². The lowest BCUT2D eigenvalue weighted by Crippen LogP contribution is -2.66. The van der Waals surface area contributed by atoms with Gasteiger partial charge in [0.2, 0.25) is 5.91 Å². The fourth-order valence-electron chi connectivity index (χ4n) is 4.43. The van der Waals surface area contributed by atoms with Crippen LogP contribution in [0.3, 0.4) is 0 Å². The van der Waals surface area contributed by atoms with Crippen LogP contribution in [0.5, 0.6) is 0 Å². The van der Waals surface area contributed by atoms with E-state index in [1.165, 1.54) is 0 Å². The molecule has 9 N–H and O–H groups in total. The number of aromatic amines is 1. The molecule has 2 aromatic carbocycles. The van der Waals surface area contributed by atoms with Crippen molar-refractivity contribution < 1.29 is 34.4 Å². The zero-order chi connectivity index (χ0) is 26.5. The van der Waals surface area contributed by atoms with Gasteiger partial charge in [-0.05, 0) is 17.2 Å². The summed E-state index contributed by atoms with van der Waals surface area (Å²) in [5, 5.41) is 34.1. The Morgan fingerprint density at radius 2 is 1.73 bits per heavy atom. The molecule has 0 saturated carbocycles. The van der Waals surface area contributed by atoms with Gasteiger partial charge < -0.3 is 46.6 Å². The SMILES string of the molecule is NC[C@H]1O[C@@H]([C@@H](N)C(=O)N[C@@H](Cc2c[nH]c3ccccc23)C(=O)OCc2ccccc2)[C@H](O)[C@@H](O)[C@@H]1O. The number of carbonyl (C=O) groups is 2. The number of hydrogen-bond acceptors (Lipinski definition) is 9. The number of aromatic nitrogens is 1. The van der Waals surface area contributed by atoms with Crippen LogP contribution in [0.1, 0.15) is 11.1 Å².